The molecule has 5 heteroatoms. The Morgan fingerprint density at radius 1 is 0.806 bits per heavy atom. The van der Waals surface area contributed by atoms with E-state index in [-0.39, 0.29) is 30.6 Å². The molecule has 3 aromatic rings. The van der Waals surface area contributed by atoms with Gasteiger partial charge in [-0.05, 0) is 36.2 Å². The third-order valence-corrected chi connectivity index (χ3v) is 5.10. The van der Waals surface area contributed by atoms with Crippen LogP contribution in [0.4, 0.5) is 5.69 Å². The van der Waals surface area contributed by atoms with Crippen molar-refractivity contribution in [2.75, 3.05) is 18.5 Å². The standard InChI is InChI=1S/C26H26N2O3/c1-28(23-15-9-4-10-16-23)26(31)22(17-20-11-5-2-6-12-20)18-24(29)19-27-25(30)21-13-7-3-8-14-21/h2-16,22H,17-19H2,1H3,(H,27,30)/t22-/m1/s1. The Hall–Kier alpha value is -3.73. The number of para-hydroxylation sites is 1. The fraction of sp³-hybridized carbons (Fsp3) is 0.192. The molecule has 0 spiro atoms. The van der Waals surface area contributed by atoms with Crippen molar-refractivity contribution in [2.24, 2.45) is 5.92 Å². The van der Waals surface area contributed by atoms with Crippen LogP contribution in [0.2, 0.25) is 0 Å². The topological polar surface area (TPSA) is 66.5 Å². The molecule has 0 aliphatic carbocycles. The van der Waals surface area contributed by atoms with Gasteiger partial charge < -0.3 is 10.2 Å². The predicted molar refractivity (Wildman–Crippen MR) is 122 cm³/mol. The highest BCUT2D eigenvalue weighted by molar-refractivity contribution is 5.99. The molecular formula is C26H26N2O3. The molecule has 1 N–H and O–H groups in total. The van der Waals surface area contributed by atoms with Crippen molar-refractivity contribution in [1.29, 1.82) is 0 Å². The highest BCUT2D eigenvalue weighted by atomic mass is 16.2. The predicted octanol–water partition coefficient (Wildman–Crippen LogP) is 3.90. The van der Waals surface area contributed by atoms with Crippen LogP contribution in [0.1, 0.15) is 22.3 Å². The zero-order valence-corrected chi connectivity index (χ0v) is 17.5. The van der Waals surface area contributed by atoms with Crippen LogP contribution in [0.15, 0.2) is 91.0 Å². The maximum Gasteiger partial charge on any atom is 0.251 e. The first-order chi connectivity index (χ1) is 15.0. The number of hydrogen-bond acceptors (Lipinski definition) is 3. The zero-order valence-electron chi connectivity index (χ0n) is 17.5. The molecular weight excluding hydrogens is 388 g/mol. The molecule has 5 nitrogen and oxygen atoms in total. The van der Waals surface area contributed by atoms with Gasteiger partial charge in [0.25, 0.3) is 5.91 Å². The zero-order chi connectivity index (χ0) is 22.1. The minimum Gasteiger partial charge on any atom is -0.345 e. The van der Waals surface area contributed by atoms with Gasteiger partial charge in [-0.15, -0.1) is 0 Å². The maximum absolute atomic E-state index is 13.2. The van der Waals surface area contributed by atoms with Gasteiger partial charge in [0, 0.05) is 30.6 Å². The Bertz CT molecular complexity index is 1000. The second kappa shape index (κ2) is 10.9. The van der Waals surface area contributed by atoms with Crippen molar-refractivity contribution in [1.82, 2.24) is 5.32 Å². The van der Waals surface area contributed by atoms with Crippen molar-refractivity contribution in [2.45, 2.75) is 12.8 Å². The summed E-state index contributed by atoms with van der Waals surface area (Å²) in [5, 5.41) is 2.65. The van der Waals surface area contributed by atoms with Crippen molar-refractivity contribution in [3.8, 4) is 0 Å². The number of nitrogens with one attached hydrogen (secondary N) is 1. The van der Waals surface area contributed by atoms with E-state index in [0.29, 0.717) is 12.0 Å². The van der Waals surface area contributed by atoms with E-state index in [1.807, 2.05) is 66.7 Å². The van der Waals surface area contributed by atoms with Crippen LogP contribution in [0.25, 0.3) is 0 Å². The molecule has 1 atom stereocenters. The first kappa shape index (κ1) is 22.0. The van der Waals surface area contributed by atoms with Crippen molar-refractivity contribution >= 4 is 23.3 Å². The van der Waals surface area contributed by atoms with Gasteiger partial charge in [-0.25, -0.2) is 0 Å². The molecule has 2 amide bonds. The van der Waals surface area contributed by atoms with Crippen LogP contribution in [0, 0.1) is 5.92 Å². The lowest BCUT2D eigenvalue weighted by Crippen LogP contribution is -2.37. The smallest absolute Gasteiger partial charge is 0.251 e. The van der Waals surface area contributed by atoms with E-state index in [4.69, 9.17) is 0 Å². The van der Waals surface area contributed by atoms with E-state index in [1.54, 1.807) is 36.2 Å². The molecule has 0 unspecified atom stereocenters. The Morgan fingerprint density at radius 3 is 1.97 bits per heavy atom. The van der Waals surface area contributed by atoms with Gasteiger partial charge in [0.1, 0.15) is 0 Å². The fourth-order valence-electron chi connectivity index (χ4n) is 3.42. The summed E-state index contributed by atoms with van der Waals surface area (Å²) in [6.45, 7) is -0.110. The molecule has 0 heterocycles. The Labute approximate surface area is 182 Å². The average Bonchev–Trinajstić information content (AvgIpc) is 2.83. The second-order valence-electron chi connectivity index (χ2n) is 7.41. The lowest BCUT2D eigenvalue weighted by atomic mass is 9.92. The summed E-state index contributed by atoms with van der Waals surface area (Å²) < 4.78 is 0. The van der Waals surface area contributed by atoms with Crippen molar-refractivity contribution < 1.29 is 14.4 Å². The molecule has 0 bridgehead atoms. The third kappa shape index (κ3) is 6.37. The fourth-order valence-corrected chi connectivity index (χ4v) is 3.42. The first-order valence-corrected chi connectivity index (χ1v) is 10.3. The largest absolute Gasteiger partial charge is 0.345 e. The average molecular weight is 415 g/mol. The molecule has 0 aromatic heterocycles. The maximum atomic E-state index is 13.2. The van der Waals surface area contributed by atoms with Crippen LogP contribution in [-0.4, -0.2) is 31.2 Å². The number of rotatable bonds is 9. The van der Waals surface area contributed by atoms with Gasteiger partial charge in [0.15, 0.2) is 5.78 Å². The SMILES string of the molecule is CN(C(=O)[C@@H](CC(=O)CNC(=O)c1ccccc1)Cc1ccccc1)c1ccccc1. The number of benzene rings is 3. The van der Waals surface area contributed by atoms with Gasteiger partial charge in [0.2, 0.25) is 5.91 Å². The van der Waals surface area contributed by atoms with Crippen LogP contribution < -0.4 is 10.2 Å². The third-order valence-electron chi connectivity index (χ3n) is 5.10. The molecule has 0 saturated carbocycles. The minimum atomic E-state index is -0.520. The number of ketones is 1. The van der Waals surface area contributed by atoms with Gasteiger partial charge in [-0.1, -0.05) is 66.7 Å². The summed E-state index contributed by atoms with van der Waals surface area (Å²) in [5.74, 6) is -1.13. The number of amides is 2. The number of carbonyl (C=O) groups is 3. The van der Waals surface area contributed by atoms with E-state index < -0.39 is 5.92 Å². The number of Topliss-reactive ketones (excluding diaryl/α,β-unsaturated/α-hetero) is 1. The highest BCUT2D eigenvalue weighted by Gasteiger charge is 2.26. The summed E-state index contributed by atoms with van der Waals surface area (Å²) in [4.78, 5) is 39.7. The molecule has 0 aliphatic heterocycles. The molecule has 0 aliphatic rings. The second-order valence-corrected chi connectivity index (χ2v) is 7.41. The quantitative estimate of drug-likeness (QED) is 0.578. The van der Waals surface area contributed by atoms with Crippen LogP contribution in [0.3, 0.4) is 0 Å². The Morgan fingerprint density at radius 2 is 1.35 bits per heavy atom. The highest BCUT2D eigenvalue weighted by Crippen LogP contribution is 2.20. The van der Waals surface area contributed by atoms with E-state index in [1.165, 1.54) is 0 Å². The monoisotopic (exact) mass is 414 g/mol. The molecule has 0 fully saturated rings. The van der Waals surface area contributed by atoms with Gasteiger partial charge in [0.05, 0.1) is 6.54 Å². The summed E-state index contributed by atoms with van der Waals surface area (Å²) >= 11 is 0. The summed E-state index contributed by atoms with van der Waals surface area (Å²) in [5.41, 5.74) is 2.26. The van der Waals surface area contributed by atoms with Gasteiger partial charge >= 0.3 is 0 Å². The lowest BCUT2D eigenvalue weighted by Gasteiger charge is -2.24. The molecule has 3 rings (SSSR count). The number of anilines is 1. The Kier molecular flexibility index (Phi) is 7.71. The van der Waals surface area contributed by atoms with E-state index in [9.17, 15) is 14.4 Å². The van der Waals surface area contributed by atoms with E-state index in [2.05, 4.69) is 5.32 Å². The molecule has 158 valence electrons. The van der Waals surface area contributed by atoms with E-state index >= 15 is 0 Å². The van der Waals surface area contributed by atoms with Crippen molar-refractivity contribution in [3.63, 3.8) is 0 Å². The minimum absolute atomic E-state index is 0.0555. The normalized spacial score (nSPS) is 11.4. The van der Waals surface area contributed by atoms with Gasteiger partial charge in [-0.3, -0.25) is 14.4 Å². The van der Waals surface area contributed by atoms with Crippen LogP contribution in [-0.2, 0) is 16.0 Å². The summed E-state index contributed by atoms with van der Waals surface area (Å²) in [6.07, 6.45) is 0.509. The Balaban J connectivity index is 1.68. The molecule has 3 aromatic carbocycles. The molecule has 0 radical (unpaired) electrons. The van der Waals surface area contributed by atoms with E-state index in [0.717, 1.165) is 11.3 Å². The number of hydrogen-bond donors (Lipinski definition) is 1. The van der Waals surface area contributed by atoms with Crippen LogP contribution in [0.5, 0.6) is 0 Å². The summed E-state index contributed by atoms with van der Waals surface area (Å²) in [7, 11) is 1.72. The van der Waals surface area contributed by atoms with Gasteiger partial charge in [-0.2, -0.15) is 0 Å². The molecule has 31 heavy (non-hydrogen) atoms. The number of carbonyl (C=O) groups excluding carboxylic acids is 3. The molecule has 0 saturated heterocycles. The van der Waals surface area contributed by atoms with Crippen LogP contribution >= 0.6 is 0 Å². The first-order valence-electron chi connectivity index (χ1n) is 10.3. The lowest BCUT2D eigenvalue weighted by molar-refractivity contribution is -0.127. The number of nitrogens with zero attached hydrogens (tertiary/aromatic N) is 1. The van der Waals surface area contributed by atoms with Crippen molar-refractivity contribution in [3.05, 3.63) is 102 Å². The summed E-state index contributed by atoms with van der Waals surface area (Å²) in [6, 6.07) is 27.7.